The third-order valence-electron chi connectivity index (χ3n) is 4.07. The van der Waals surface area contributed by atoms with Crippen molar-refractivity contribution in [3.63, 3.8) is 0 Å². The van der Waals surface area contributed by atoms with E-state index in [9.17, 15) is 4.79 Å². The van der Waals surface area contributed by atoms with Gasteiger partial charge in [0.15, 0.2) is 18.1 Å². The van der Waals surface area contributed by atoms with Gasteiger partial charge in [-0.1, -0.05) is 61.5 Å². The Hall–Kier alpha value is -2.92. The summed E-state index contributed by atoms with van der Waals surface area (Å²) >= 11 is 1.69. The topological polar surface area (TPSA) is 47.6 Å². The van der Waals surface area contributed by atoms with E-state index in [0.717, 1.165) is 22.8 Å². The normalized spacial score (nSPS) is 10.4. The fourth-order valence-electron chi connectivity index (χ4n) is 2.66. The number of ether oxygens (including phenoxy) is 2. The average Bonchev–Trinajstić information content (AvgIpc) is 2.77. The smallest absolute Gasteiger partial charge is 0.262 e. The zero-order valence-corrected chi connectivity index (χ0v) is 17.3. The molecule has 0 saturated heterocycles. The van der Waals surface area contributed by atoms with Crippen molar-refractivity contribution >= 4 is 23.4 Å². The second-order valence-corrected chi connectivity index (χ2v) is 7.42. The van der Waals surface area contributed by atoms with E-state index in [1.54, 1.807) is 11.8 Å². The molecule has 5 heteroatoms. The molecule has 1 N–H and O–H groups in total. The summed E-state index contributed by atoms with van der Waals surface area (Å²) in [5, 5.41) is 2.95. The Bertz CT molecular complexity index is 915. The largest absolute Gasteiger partial charge is 0.490 e. The van der Waals surface area contributed by atoms with Crippen molar-refractivity contribution < 1.29 is 14.3 Å². The van der Waals surface area contributed by atoms with Crippen LogP contribution in [0.15, 0.2) is 83.8 Å². The number of anilines is 1. The fourth-order valence-corrected chi connectivity index (χ4v) is 3.63. The Morgan fingerprint density at radius 1 is 0.862 bits per heavy atom. The van der Waals surface area contributed by atoms with Gasteiger partial charge in [-0.05, 0) is 36.2 Å². The molecule has 29 heavy (non-hydrogen) atoms. The molecule has 0 heterocycles. The summed E-state index contributed by atoms with van der Waals surface area (Å²) in [6, 6.07) is 25.5. The number of amides is 1. The highest BCUT2D eigenvalue weighted by Gasteiger charge is 2.10. The Kier molecular flexibility index (Phi) is 8.01. The van der Waals surface area contributed by atoms with Crippen LogP contribution < -0.4 is 14.8 Å². The van der Waals surface area contributed by atoms with Gasteiger partial charge in [0.1, 0.15) is 0 Å². The van der Waals surface area contributed by atoms with E-state index in [0.29, 0.717) is 18.1 Å². The zero-order valence-electron chi connectivity index (χ0n) is 16.5. The van der Waals surface area contributed by atoms with Gasteiger partial charge in [-0.2, -0.15) is 0 Å². The van der Waals surface area contributed by atoms with Gasteiger partial charge in [-0.25, -0.2) is 0 Å². The predicted molar refractivity (Wildman–Crippen MR) is 119 cm³/mol. The zero-order chi connectivity index (χ0) is 20.3. The standard InChI is InChI=1S/C24H25NO3S/c1-2-16-27-21-13-7-8-14-22(21)28-17-24(26)25-20-12-6-9-15-23(20)29-18-19-10-4-3-5-11-19/h3-15H,2,16-18H2,1H3,(H,25,26). The van der Waals surface area contributed by atoms with Gasteiger partial charge < -0.3 is 14.8 Å². The lowest BCUT2D eigenvalue weighted by molar-refractivity contribution is -0.118. The lowest BCUT2D eigenvalue weighted by Crippen LogP contribution is -2.20. The summed E-state index contributed by atoms with van der Waals surface area (Å²) in [5.41, 5.74) is 2.03. The minimum atomic E-state index is -0.206. The molecule has 0 saturated carbocycles. The third kappa shape index (κ3) is 6.57. The van der Waals surface area contributed by atoms with Gasteiger partial charge in [0.2, 0.25) is 0 Å². The maximum Gasteiger partial charge on any atom is 0.262 e. The molecule has 0 fully saturated rings. The number of nitrogens with one attached hydrogen (secondary N) is 1. The van der Waals surface area contributed by atoms with Crippen LogP contribution >= 0.6 is 11.8 Å². The first kappa shape index (κ1) is 20.8. The van der Waals surface area contributed by atoms with Crippen LogP contribution in [0.25, 0.3) is 0 Å². The highest BCUT2D eigenvalue weighted by molar-refractivity contribution is 7.98. The van der Waals surface area contributed by atoms with Crippen LogP contribution in [0.4, 0.5) is 5.69 Å². The molecule has 3 aromatic carbocycles. The molecule has 0 unspecified atom stereocenters. The summed E-state index contributed by atoms with van der Waals surface area (Å²) in [6.45, 7) is 2.58. The molecule has 0 spiro atoms. The van der Waals surface area contributed by atoms with Gasteiger partial charge in [-0.15, -0.1) is 11.8 Å². The first-order valence-electron chi connectivity index (χ1n) is 9.66. The molecule has 150 valence electrons. The van der Waals surface area contributed by atoms with Crippen LogP contribution in [0.2, 0.25) is 0 Å². The lowest BCUT2D eigenvalue weighted by atomic mass is 10.2. The van der Waals surface area contributed by atoms with Crippen LogP contribution in [0.5, 0.6) is 11.5 Å². The molecule has 0 aliphatic carbocycles. The van der Waals surface area contributed by atoms with Crippen LogP contribution in [-0.4, -0.2) is 19.1 Å². The fraction of sp³-hybridized carbons (Fsp3) is 0.208. The number of carbonyl (C=O) groups excluding carboxylic acids is 1. The molecule has 0 bridgehead atoms. The third-order valence-corrected chi connectivity index (χ3v) is 5.21. The monoisotopic (exact) mass is 407 g/mol. The Morgan fingerprint density at radius 2 is 1.52 bits per heavy atom. The van der Waals surface area contributed by atoms with E-state index < -0.39 is 0 Å². The van der Waals surface area contributed by atoms with Gasteiger partial charge >= 0.3 is 0 Å². The first-order chi connectivity index (χ1) is 14.3. The number of thioether (sulfide) groups is 1. The van der Waals surface area contributed by atoms with E-state index in [1.165, 1.54) is 5.56 Å². The number of hydrogen-bond donors (Lipinski definition) is 1. The van der Waals surface area contributed by atoms with Crippen molar-refractivity contribution in [3.05, 3.63) is 84.4 Å². The van der Waals surface area contributed by atoms with E-state index >= 15 is 0 Å². The van der Waals surface area contributed by atoms with Crippen molar-refractivity contribution in [1.82, 2.24) is 0 Å². The number of hydrogen-bond acceptors (Lipinski definition) is 4. The average molecular weight is 408 g/mol. The van der Waals surface area contributed by atoms with Crippen molar-refractivity contribution in [2.75, 3.05) is 18.5 Å². The van der Waals surface area contributed by atoms with Crippen molar-refractivity contribution in [1.29, 1.82) is 0 Å². The Morgan fingerprint density at radius 3 is 2.28 bits per heavy atom. The summed E-state index contributed by atoms with van der Waals surface area (Å²) in [4.78, 5) is 13.5. The number of para-hydroxylation sites is 3. The molecule has 0 aliphatic rings. The molecule has 3 aromatic rings. The number of rotatable bonds is 10. The molecule has 0 aromatic heterocycles. The van der Waals surface area contributed by atoms with E-state index in [2.05, 4.69) is 17.4 Å². The van der Waals surface area contributed by atoms with Crippen LogP contribution in [0.3, 0.4) is 0 Å². The molecule has 4 nitrogen and oxygen atoms in total. The second kappa shape index (κ2) is 11.2. The molecular weight excluding hydrogens is 382 g/mol. The van der Waals surface area contributed by atoms with Gasteiger partial charge in [0, 0.05) is 10.6 Å². The summed E-state index contributed by atoms with van der Waals surface area (Å²) in [7, 11) is 0. The van der Waals surface area contributed by atoms with Crippen LogP contribution in [0, 0.1) is 0 Å². The molecule has 0 radical (unpaired) electrons. The molecule has 3 rings (SSSR count). The minimum Gasteiger partial charge on any atom is -0.490 e. The first-order valence-corrected chi connectivity index (χ1v) is 10.6. The van der Waals surface area contributed by atoms with Gasteiger partial charge in [-0.3, -0.25) is 4.79 Å². The van der Waals surface area contributed by atoms with E-state index in [1.807, 2.05) is 73.7 Å². The summed E-state index contributed by atoms with van der Waals surface area (Å²) in [6.07, 6.45) is 0.909. The summed E-state index contributed by atoms with van der Waals surface area (Å²) in [5.74, 6) is 1.86. The SMILES string of the molecule is CCCOc1ccccc1OCC(=O)Nc1ccccc1SCc1ccccc1. The maximum atomic E-state index is 12.5. The second-order valence-electron chi connectivity index (χ2n) is 6.40. The number of carbonyl (C=O) groups is 1. The van der Waals surface area contributed by atoms with Crippen molar-refractivity contribution in [3.8, 4) is 11.5 Å². The Labute approximate surface area is 176 Å². The molecule has 1 amide bonds. The van der Waals surface area contributed by atoms with Crippen molar-refractivity contribution in [2.24, 2.45) is 0 Å². The van der Waals surface area contributed by atoms with E-state index in [-0.39, 0.29) is 12.5 Å². The van der Waals surface area contributed by atoms with Crippen LogP contribution in [0.1, 0.15) is 18.9 Å². The van der Waals surface area contributed by atoms with Crippen molar-refractivity contribution in [2.45, 2.75) is 24.0 Å². The lowest BCUT2D eigenvalue weighted by Gasteiger charge is -2.13. The summed E-state index contributed by atoms with van der Waals surface area (Å²) < 4.78 is 11.4. The molecular formula is C24H25NO3S. The Balaban J connectivity index is 1.57. The predicted octanol–water partition coefficient (Wildman–Crippen LogP) is 5.79. The van der Waals surface area contributed by atoms with E-state index in [4.69, 9.17) is 9.47 Å². The highest BCUT2D eigenvalue weighted by atomic mass is 32.2. The number of benzene rings is 3. The quantitative estimate of drug-likeness (QED) is 0.433. The van der Waals surface area contributed by atoms with Gasteiger partial charge in [0.25, 0.3) is 5.91 Å². The van der Waals surface area contributed by atoms with Gasteiger partial charge in [0.05, 0.1) is 12.3 Å². The highest BCUT2D eigenvalue weighted by Crippen LogP contribution is 2.30. The van der Waals surface area contributed by atoms with Crippen LogP contribution in [-0.2, 0) is 10.5 Å². The maximum absolute atomic E-state index is 12.5. The molecule has 0 atom stereocenters. The minimum absolute atomic E-state index is 0.0792. The molecule has 0 aliphatic heterocycles.